The Hall–Kier alpha value is -1.45. The molecule has 0 aliphatic carbocycles. The molecule has 1 aromatic heterocycles. The molecule has 1 aliphatic heterocycles. The standard InChI is InChI=1S/C17H27N3O4S2/c1-20-10-13(17(22)18-8-7-15-4-3-9-25-15)5-6-14(11-20)19-16(21)12-26(2,23)24/h3-4,9,13-14H,5-8,10-12H2,1-2H3,(H,18,22)(H,19,21)/t13-,14+/m1/s1. The lowest BCUT2D eigenvalue weighted by Gasteiger charge is -2.21. The molecular weight excluding hydrogens is 374 g/mol. The normalized spacial score (nSPS) is 21.8. The second kappa shape index (κ2) is 9.48. The molecule has 2 amide bonds. The summed E-state index contributed by atoms with van der Waals surface area (Å²) >= 11 is 1.68. The Morgan fingerprint density at radius 1 is 1.31 bits per heavy atom. The molecule has 1 fully saturated rings. The molecule has 0 radical (unpaired) electrons. The minimum absolute atomic E-state index is 0.0384. The van der Waals surface area contributed by atoms with E-state index in [0.29, 0.717) is 32.5 Å². The van der Waals surface area contributed by atoms with Crippen molar-refractivity contribution in [2.24, 2.45) is 5.92 Å². The third-order valence-corrected chi connectivity index (χ3v) is 6.03. The van der Waals surface area contributed by atoms with Crippen molar-refractivity contribution in [2.75, 3.05) is 38.7 Å². The van der Waals surface area contributed by atoms with Crippen molar-refractivity contribution in [3.63, 3.8) is 0 Å². The molecule has 2 rings (SSSR count). The number of likely N-dealkylation sites (tertiary alicyclic amines) is 1. The van der Waals surface area contributed by atoms with Crippen LogP contribution in [0.25, 0.3) is 0 Å². The van der Waals surface area contributed by atoms with E-state index in [9.17, 15) is 18.0 Å². The highest BCUT2D eigenvalue weighted by molar-refractivity contribution is 7.91. The molecule has 9 heteroatoms. The maximum atomic E-state index is 12.4. The summed E-state index contributed by atoms with van der Waals surface area (Å²) < 4.78 is 22.4. The smallest absolute Gasteiger partial charge is 0.235 e. The average molecular weight is 402 g/mol. The van der Waals surface area contributed by atoms with Crippen molar-refractivity contribution in [1.29, 1.82) is 0 Å². The van der Waals surface area contributed by atoms with Gasteiger partial charge in [-0.25, -0.2) is 8.42 Å². The van der Waals surface area contributed by atoms with Gasteiger partial charge in [0.15, 0.2) is 9.84 Å². The zero-order valence-electron chi connectivity index (χ0n) is 15.2. The Morgan fingerprint density at radius 3 is 2.73 bits per heavy atom. The zero-order valence-corrected chi connectivity index (χ0v) is 16.9. The molecular formula is C17H27N3O4S2. The molecule has 0 unspecified atom stereocenters. The van der Waals surface area contributed by atoms with Gasteiger partial charge in [0.1, 0.15) is 5.75 Å². The van der Waals surface area contributed by atoms with E-state index in [4.69, 9.17) is 0 Å². The van der Waals surface area contributed by atoms with Crippen LogP contribution in [0.15, 0.2) is 17.5 Å². The predicted octanol–water partition coefficient (Wildman–Crippen LogP) is 0.278. The Labute approximate surface area is 159 Å². The fourth-order valence-electron chi connectivity index (χ4n) is 3.16. The van der Waals surface area contributed by atoms with Crippen molar-refractivity contribution in [1.82, 2.24) is 15.5 Å². The molecule has 146 valence electrons. The lowest BCUT2D eigenvalue weighted by molar-refractivity contribution is -0.125. The average Bonchev–Trinajstić information content (AvgIpc) is 2.95. The van der Waals surface area contributed by atoms with Gasteiger partial charge in [0.05, 0.1) is 5.92 Å². The molecule has 2 atom stereocenters. The Bertz CT molecular complexity index is 704. The van der Waals surface area contributed by atoms with E-state index in [2.05, 4.69) is 16.7 Å². The summed E-state index contributed by atoms with van der Waals surface area (Å²) in [5.74, 6) is -1.07. The van der Waals surface area contributed by atoms with Crippen LogP contribution in [0.4, 0.5) is 0 Å². The molecule has 0 aromatic carbocycles. The summed E-state index contributed by atoms with van der Waals surface area (Å²) in [5.41, 5.74) is 0. The van der Waals surface area contributed by atoms with Crippen LogP contribution in [0.2, 0.25) is 0 Å². The highest BCUT2D eigenvalue weighted by Gasteiger charge is 2.27. The molecule has 1 aliphatic rings. The van der Waals surface area contributed by atoms with Gasteiger partial charge in [-0.05, 0) is 37.8 Å². The molecule has 2 heterocycles. The Balaban J connectivity index is 1.79. The fourth-order valence-corrected chi connectivity index (χ4v) is 4.43. The van der Waals surface area contributed by atoms with E-state index in [1.165, 1.54) is 4.88 Å². The summed E-state index contributed by atoms with van der Waals surface area (Å²) in [6, 6.07) is 3.92. The number of sulfone groups is 1. The van der Waals surface area contributed by atoms with Crippen molar-refractivity contribution in [3.8, 4) is 0 Å². The topological polar surface area (TPSA) is 95.6 Å². The van der Waals surface area contributed by atoms with Gasteiger partial charge in [-0.15, -0.1) is 11.3 Å². The number of nitrogens with zero attached hydrogens (tertiary/aromatic N) is 1. The Kier molecular flexibility index (Phi) is 7.60. The minimum Gasteiger partial charge on any atom is -0.355 e. The van der Waals surface area contributed by atoms with E-state index in [-0.39, 0.29) is 17.9 Å². The second-order valence-corrected chi connectivity index (χ2v) is 10.1. The first-order valence-electron chi connectivity index (χ1n) is 8.68. The minimum atomic E-state index is -3.34. The Morgan fingerprint density at radius 2 is 2.08 bits per heavy atom. The van der Waals surface area contributed by atoms with Crippen molar-refractivity contribution < 1.29 is 18.0 Å². The molecule has 1 aromatic rings. The first-order valence-corrected chi connectivity index (χ1v) is 11.6. The van der Waals surface area contributed by atoms with Gasteiger partial charge in [0.2, 0.25) is 11.8 Å². The maximum Gasteiger partial charge on any atom is 0.235 e. The largest absolute Gasteiger partial charge is 0.355 e. The lowest BCUT2D eigenvalue weighted by Crippen LogP contribution is -2.43. The lowest BCUT2D eigenvalue weighted by atomic mass is 10.0. The van der Waals surface area contributed by atoms with E-state index < -0.39 is 21.5 Å². The van der Waals surface area contributed by atoms with Crippen LogP contribution in [0, 0.1) is 5.92 Å². The van der Waals surface area contributed by atoms with E-state index in [1.807, 2.05) is 23.4 Å². The van der Waals surface area contributed by atoms with Crippen molar-refractivity contribution in [3.05, 3.63) is 22.4 Å². The molecule has 0 spiro atoms. The van der Waals surface area contributed by atoms with Gasteiger partial charge in [-0.3, -0.25) is 9.59 Å². The first-order chi connectivity index (χ1) is 12.2. The highest BCUT2D eigenvalue weighted by atomic mass is 32.2. The van der Waals surface area contributed by atoms with Gasteiger partial charge >= 0.3 is 0 Å². The quantitative estimate of drug-likeness (QED) is 0.684. The number of thiophene rings is 1. The fraction of sp³-hybridized carbons (Fsp3) is 0.647. The summed E-state index contributed by atoms with van der Waals surface area (Å²) in [5, 5.41) is 7.80. The zero-order chi connectivity index (χ0) is 19.2. The molecule has 7 nitrogen and oxygen atoms in total. The molecule has 26 heavy (non-hydrogen) atoms. The van der Waals surface area contributed by atoms with Gasteiger partial charge in [0.25, 0.3) is 0 Å². The van der Waals surface area contributed by atoms with Crippen molar-refractivity contribution in [2.45, 2.75) is 25.3 Å². The maximum absolute atomic E-state index is 12.4. The molecule has 1 saturated heterocycles. The van der Waals surface area contributed by atoms with E-state index in [1.54, 1.807) is 11.3 Å². The summed E-state index contributed by atoms with van der Waals surface area (Å²) in [7, 11) is -1.43. The number of hydrogen-bond acceptors (Lipinski definition) is 6. The van der Waals surface area contributed by atoms with Gasteiger partial charge in [-0.2, -0.15) is 0 Å². The summed E-state index contributed by atoms with van der Waals surface area (Å²) in [6.07, 6.45) is 3.19. The van der Waals surface area contributed by atoms with Gasteiger partial charge in [0, 0.05) is 36.8 Å². The number of carbonyl (C=O) groups is 2. The number of rotatable bonds is 7. The molecule has 0 bridgehead atoms. The molecule has 0 saturated carbocycles. The number of carbonyl (C=O) groups excluding carboxylic acids is 2. The van der Waals surface area contributed by atoms with Crippen LogP contribution in [0.1, 0.15) is 17.7 Å². The SMILES string of the molecule is CN1C[C@@H](NC(=O)CS(C)(=O)=O)CC[C@@H](C(=O)NCCc2cccs2)C1. The van der Waals surface area contributed by atoms with Gasteiger partial charge < -0.3 is 15.5 Å². The second-order valence-electron chi connectivity index (χ2n) is 6.95. The predicted molar refractivity (Wildman–Crippen MR) is 103 cm³/mol. The first kappa shape index (κ1) is 20.9. The van der Waals surface area contributed by atoms with Crippen LogP contribution in [0.5, 0.6) is 0 Å². The third kappa shape index (κ3) is 7.43. The summed E-state index contributed by atoms with van der Waals surface area (Å²) in [6.45, 7) is 1.85. The van der Waals surface area contributed by atoms with Crippen molar-refractivity contribution >= 4 is 33.0 Å². The summed E-state index contributed by atoms with van der Waals surface area (Å²) in [4.78, 5) is 27.5. The monoisotopic (exact) mass is 401 g/mol. The van der Waals surface area contributed by atoms with Crippen LogP contribution in [0.3, 0.4) is 0 Å². The number of amides is 2. The molecule has 2 N–H and O–H groups in total. The van der Waals surface area contributed by atoms with Gasteiger partial charge in [-0.1, -0.05) is 6.07 Å². The highest BCUT2D eigenvalue weighted by Crippen LogP contribution is 2.16. The number of nitrogens with one attached hydrogen (secondary N) is 2. The van der Waals surface area contributed by atoms with E-state index in [0.717, 1.165) is 12.7 Å². The van der Waals surface area contributed by atoms with Crippen LogP contribution < -0.4 is 10.6 Å². The van der Waals surface area contributed by atoms with E-state index >= 15 is 0 Å². The van der Waals surface area contributed by atoms with Crippen LogP contribution in [-0.4, -0.2) is 69.9 Å². The number of likely N-dealkylation sites (N-methyl/N-ethyl adjacent to an activating group) is 1. The third-order valence-electron chi connectivity index (χ3n) is 4.31. The number of hydrogen-bond donors (Lipinski definition) is 2. The van der Waals surface area contributed by atoms with Crippen LogP contribution >= 0.6 is 11.3 Å². The van der Waals surface area contributed by atoms with Crippen LogP contribution in [-0.2, 0) is 25.8 Å².